The molecule has 1 saturated heterocycles. The van der Waals surface area contributed by atoms with Crippen LogP contribution in [0.4, 0.5) is 0 Å². The summed E-state index contributed by atoms with van der Waals surface area (Å²) in [4.78, 5) is 14.3. The molecule has 2 aromatic carbocycles. The van der Waals surface area contributed by atoms with Crippen LogP contribution in [0.25, 0.3) is 5.57 Å². The van der Waals surface area contributed by atoms with Gasteiger partial charge in [-0.2, -0.15) is 0 Å². The second-order valence-electron chi connectivity index (χ2n) is 7.21. The van der Waals surface area contributed by atoms with Crippen molar-refractivity contribution in [2.75, 3.05) is 19.6 Å². The molecule has 0 unspecified atom stereocenters. The number of carbonyl (C=O) groups excluding carboxylic acids is 1. The minimum absolute atomic E-state index is 0.124. The fourth-order valence-electron chi connectivity index (χ4n) is 3.59. The number of hydrogen-bond donors (Lipinski definition) is 1. The first-order chi connectivity index (χ1) is 12.6. The van der Waals surface area contributed by atoms with Crippen LogP contribution in [0.3, 0.4) is 0 Å². The highest BCUT2D eigenvalue weighted by Gasteiger charge is 2.20. The lowest BCUT2D eigenvalue weighted by Gasteiger charge is -2.30. The predicted octanol–water partition coefficient (Wildman–Crippen LogP) is 4.11. The molecule has 1 fully saturated rings. The van der Waals surface area contributed by atoms with Gasteiger partial charge in [0.25, 0.3) is 0 Å². The van der Waals surface area contributed by atoms with Gasteiger partial charge in [0.15, 0.2) is 0 Å². The summed E-state index contributed by atoms with van der Waals surface area (Å²) < 4.78 is 0. The van der Waals surface area contributed by atoms with E-state index in [2.05, 4.69) is 70.9 Å². The van der Waals surface area contributed by atoms with E-state index in [4.69, 9.17) is 0 Å². The average molecular weight is 348 g/mol. The lowest BCUT2D eigenvalue weighted by atomic mass is 9.88. The number of carbonyl (C=O) groups is 1. The van der Waals surface area contributed by atoms with E-state index in [-0.39, 0.29) is 11.9 Å². The highest BCUT2D eigenvalue weighted by molar-refractivity contribution is 5.82. The molecule has 1 amide bonds. The van der Waals surface area contributed by atoms with E-state index in [0.717, 1.165) is 25.9 Å². The van der Waals surface area contributed by atoms with E-state index in [0.29, 0.717) is 6.54 Å². The van der Waals surface area contributed by atoms with Crippen molar-refractivity contribution in [3.8, 4) is 0 Å². The molecule has 1 heterocycles. The Morgan fingerprint density at radius 2 is 1.42 bits per heavy atom. The molecule has 136 valence electrons. The summed E-state index contributed by atoms with van der Waals surface area (Å²) in [6, 6.07) is 21.5. The second-order valence-corrected chi connectivity index (χ2v) is 7.21. The second kappa shape index (κ2) is 8.81. The molecule has 1 aliphatic heterocycles. The van der Waals surface area contributed by atoms with Crippen LogP contribution in [0, 0.1) is 0 Å². The topological polar surface area (TPSA) is 32.3 Å². The summed E-state index contributed by atoms with van der Waals surface area (Å²) in [5.74, 6) is 0.124. The van der Waals surface area contributed by atoms with E-state index in [1.807, 2.05) is 13.8 Å². The quantitative estimate of drug-likeness (QED) is 0.882. The van der Waals surface area contributed by atoms with E-state index in [1.54, 1.807) is 0 Å². The molecule has 0 radical (unpaired) electrons. The standard InChI is InChI=1S/C23H28N2O/c1-18(2)24-22(26)17-25-15-13-21(14-16-25)23(19-9-5-3-6-10-19)20-11-7-4-8-12-20/h3-12,18H,13-17H2,1-2H3,(H,24,26). The summed E-state index contributed by atoms with van der Waals surface area (Å²) in [6.45, 7) is 6.37. The minimum Gasteiger partial charge on any atom is -0.353 e. The van der Waals surface area contributed by atoms with Gasteiger partial charge in [-0.15, -0.1) is 0 Å². The summed E-state index contributed by atoms with van der Waals surface area (Å²) >= 11 is 0. The highest BCUT2D eigenvalue weighted by Crippen LogP contribution is 2.32. The monoisotopic (exact) mass is 348 g/mol. The van der Waals surface area contributed by atoms with Crippen molar-refractivity contribution in [1.29, 1.82) is 0 Å². The Bertz CT molecular complexity index is 699. The van der Waals surface area contributed by atoms with Gasteiger partial charge >= 0.3 is 0 Å². The van der Waals surface area contributed by atoms with Crippen molar-refractivity contribution in [3.63, 3.8) is 0 Å². The summed E-state index contributed by atoms with van der Waals surface area (Å²) in [6.07, 6.45) is 2.02. The summed E-state index contributed by atoms with van der Waals surface area (Å²) in [5, 5.41) is 2.98. The number of benzene rings is 2. The Morgan fingerprint density at radius 3 is 1.88 bits per heavy atom. The van der Waals surface area contributed by atoms with Crippen LogP contribution in [0.1, 0.15) is 37.8 Å². The molecule has 3 nitrogen and oxygen atoms in total. The molecule has 0 atom stereocenters. The number of amides is 1. The third kappa shape index (κ3) is 4.83. The molecule has 0 aromatic heterocycles. The molecule has 2 aromatic rings. The summed E-state index contributed by atoms with van der Waals surface area (Å²) in [5.41, 5.74) is 5.40. The van der Waals surface area contributed by atoms with Crippen molar-refractivity contribution >= 4 is 11.5 Å². The third-order valence-electron chi connectivity index (χ3n) is 4.75. The number of likely N-dealkylation sites (tertiary alicyclic amines) is 1. The first-order valence-electron chi connectivity index (χ1n) is 9.48. The normalized spacial score (nSPS) is 15.1. The lowest BCUT2D eigenvalue weighted by Crippen LogP contribution is -2.42. The molecule has 3 rings (SSSR count). The van der Waals surface area contributed by atoms with E-state index in [9.17, 15) is 4.79 Å². The van der Waals surface area contributed by atoms with Crippen LogP contribution in [-0.2, 0) is 4.79 Å². The smallest absolute Gasteiger partial charge is 0.234 e. The number of hydrogen-bond acceptors (Lipinski definition) is 2. The van der Waals surface area contributed by atoms with E-state index >= 15 is 0 Å². The zero-order valence-electron chi connectivity index (χ0n) is 15.7. The van der Waals surface area contributed by atoms with Crippen LogP contribution >= 0.6 is 0 Å². The first-order valence-corrected chi connectivity index (χ1v) is 9.48. The van der Waals surface area contributed by atoms with Crippen molar-refractivity contribution in [2.24, 2.45) is 0 Å². The van der Waals surface area contributed by atoms with Gasteiger partial charge in [-0.05, 0) is 43.4 Å². The van der Waals surface area contributed by atoms with Crippen LogP contribution in [0.2, 0.25) is 0 Å². The SMILES string of the molecule is CC(C)NC(=O)CN1CCC(=C(c2ccccc2)c2ccccc2)CC1. The maximum Gasteiger partial charge on any atom is 0.234 e. The van der Waals surface area contributed by atoms with Gasteiger partial charge in [0.05, 0.1) is 6.54 Å². The van der Waals surface area contributed by atoms with Crippen LogP contribution < -0.4 is 5.32 Å². The number of nitrogens with zero attached hydrogens (tertiary/aromatic N) is 1. The lowest BCUT2D eigenvalue weighted by molar-refractivity contribution is -0.122. The van der Waals surface area contributed by atoms with Crippen molar-refractivity contribution < 1.29 is 4.79 Å². The maximum atomic E-state index is 12.0. The fourth-order valence-corrected chi connectivity index (χ4v) is 3.59. The average Bonchev–Trinajstić information content (AvgIpc) is 2.64. The van der Waals surface area contributed by atoms with Crippen molar-refractivity contribution in [2.45, 2.75) is 32.7 Å². The Morgan fingerprint density at radius 1 is 0.923 bits per heavy atom. The molecule has 0 spiro atoms. The molecule has 0 aliphatic carbocycles. The molecule has 1 N–H and O–H groups in total. The van der Waals surface area contributed by atoms with Gasteiger partial charge in [-0.25, -0.2) is 0 Å². The maximum absolute atomic E-state index is 12.0. The van der Waals surface area contributed by atoms with Crippen molar-refractivity contribution in [3.05, 3.63) is 77.4 Å². The first kappa shape index (κ1) is 18.4. The Hall–Kier alpha value is -2.39. The number of piperidine rings is 1. The molecular formula is C23H28N2O. The molecule has 3 heteroatoms. The number of nitrogens with one attached hydrogen (secondary N) is 1. The van der Waals surface area contributed by atoms with Crippen LogP contribution in [-0.4, -0.2) is 36.5 Å². The van der Waals surface area contributed by atoms with Gasteiger partial charge in [0.1, 0.15) is 0 Å². The van der Waals surface area contributed by atoms with Crippen LogP contribution in [0.15, 0.2) is 66.2 Å². The summed E-state index contributed by atoms with van der Waals surface area (Å²) in [7, 11) is 0. The van der Waals surface area contributed by atoms with Crippen LogP contribution in [0.5, 0.6) is 0 Å². The van der Waals surface area contributed by atoms with Gasteiger partial charge in [0, 0.05) is 19.1 Å². The molecular weight excluding hydrogens is 320 g/mol. The zero-order valence-corrected chi connectivity index (χ0v) is 15.7. The largest absolute Gasteiger partial charge is 0.353 e. The third-order valence-corrected chi connectivity index (χ3v) is 4.75. The highest BCUT2D eigenvalue weighted by atomic mass is 16.2. The molecule has 0 bridgehead atoms. The Balaban J connectivity index is 1.78. The Labute approximate surface area is 156 Å². The number of rotatable bonds is 5. The van der Waals surface area contributed by atoms with Gasteiger partial charge in [-0.3, -0.25) is 9.69 Å². The van der Waals surface area contributed by atoms with Gasteiger partial charge < -0.3 is 5.32 Å². The molecule has 1 aliphatic rings. The van der Waals surface area contributed by atoms with E-state index in [1.165, 1.54) is 22.3 Å². The zero-order chi connectivity index (χ0) is 18.4. The molecule has 0 saturated carbocycles. The van der Waals surface area contributed by atoms with E-state index < -0.39 is 0 Å². The Kier molecular flexibility index (Phi) is 6.24. The predicted molar refractivity (Wildman–Crippen MR) is 108 cm³/mol. The minimum atomic E-state index is 0.124. The van der Waals surface area contributed by atoms with Gasteiger partial charge in [0.2, 0.25) is 5.91 Å². The van der Waals surface area contributed by atoms with Crippen molar-refractivity contribution in [1.82, 2.24) is 10.2 Å². The molecule has 26 heavy (non-hydrogen) atoms. The van der Waals surface area contributed by atoms with Gasteiger partial charge in [-0.1, -0.05) is 66.2 Å². The fraction of sp³-hybridized carbons (Fsp3) is 0.348.